The van der Waals surface area contributed by atoms with Gasteiger partial charge >= 0.3 is 0 Å². The summed E-state index contributed by atoms with van der Waals surface area (Å²) in [6, 6.07) is 2.68. The molecule has 5 heteroatoms. The van der Waals surface area contributed by atoms with Crippen LogP contribution in [0.2, 0.25) is 0 Å². The summed E-state index contributed by atoms with van der Waals surface area (Å²) in [6.07, 6.45) is 3.35. The van der Waals surface area contributed by atoms with E-state index in [9.17, 15) is 4.79 Å². The highest BCUT2D eigenvalue weighted by Crippen LogP contribution is 2.15. The van der Waals surface area contributed by atoms with Gasteiger partial charge in [0.1, 0.15) is 0 Å². The Hall–Kier alpha value is -1.12. The number of likely N-dealkylation sites (tertiary alicyclic amines) is 1. The quantitative estimate of drug-likeness (QED) is 0.702. The average Bonchev–Trinajstić information content (AvgIpc) is 2.49. The molecule has 0 radical (unpaired) electrons. The molecule has 1 saturated heterocycles. The predicted molar refractivity (Wildman–Crippen MR) is 80.3 cm³/mol. The first kappa shape index (κ1) is 16.9. The number of nitriles is 1. The second kappa shape index (κ2) is 8.93. The van der Waals surface area contributed by atoms with E-state index in [1.807, 2.05) is 0 Å². The second-order valence-corrected chi connectivity index (χ2v) is 5.62. The van der Waals surface area contributed by atoms with Gasteiger partial charge in [0.15, 0.2) is 0 Å². The highest BCUT2D eigenvalue weighted by molar-refractivity contribution is 5.76. The highest BCUT2D eigenvalue weighted by atomic mass is 16.2. The van der Waals surface area contributed by atoms with Crippen molar-refractivity contribution in [2.45, 2.75) is 38.6 Å². The summed E-state index contributed by atoms with van der Waals surface area (Å²) in [4.78, 5) is 18.4. The van der Waals surface area contributed by atoms with Gasteiger partial charge in [0, 0.05) is 32.6 Å². The van der Waals surface area contributed by atoms with Crippen LogP contribution >= 0.6 is 0 Å². The monoisotopic (exact) mass is 280 g/mol. The molecule has 1 fully saturated rings. The largest absolute Gasteiger partial charge is 0.345 e. The Balaban J connectivity index is 2.24. The van der Waals surface area contributed by atoms with Crippen LogP contribution in [-0.2, 0) is 4.79 Å². The SMILES string of the molecule is CCN1CCC(N(C)CCC(=O)N(C)CCC#N)CC1. The van der Waals surface area contributed by atoms with E-state index in [4.69, 9.17) is 5.26 Å². The van der Waals surface area contributed by atoms with Gasteiger partial charge in [0.2, 0.25) is 5.91 Å². The lowest BCUT2D eigenvalue weighted by Gasteiger charge is -2.36. The molecule has 20 heavy (non-hydrogen) atoms. The van der Waals surface area contributed by atoms with Gasteiger partial charge in [-0.05, 0) is 39.5 Å². The van der Waals surface area contributed by atoms with Crippen LogP contribution < -0.4 is 0 Å². The molecule has 0 aromatic heterocycles. The zero-order chi connectivity index (χ0) is 15.0. The van der Waals surface area contributed by atoms with Gasteiger partial charge in [-0.25, -0.2) is 0 Å². The average molecular weight is 280 g/mol. The zero-order valence-electron chi connectivity index (χ0n) is 13.1. The highest BCUT2D eigenvalue weighted by Gasteiger charge is 2.22. The molecule has 0 bridgehead atoms. The van der Waals surface area contributed by atoms with Gasteiger partial charge in [-0.1, -0.05) is 6.92 Å². The Morgan fingerprint density at radius 2 is 1.95 bits per heavy atom. The smallest absolute Gasteiger partial charge is 0.223 e. The number of piperidine rings is 1. The molecule has 0 aliphatic carbocycles. The van der Waals surface area contributed by atoms with E-state index >= 15 is 0 Å². The molecule has 1 heterocycles. The first-order valence-corrected chi connectivity index (χ1v) is 7.62. The lowest BCUT2D eigenvalue weighted by atomic mass is 10.0. The Bertz CT molecular complexity index is 331. The maximum absolute atomic E-state index is 11.9. The molecule has 1 aliphatic heterocycles. The van der Waals surface area contributed by atoms with Gasteiger partial charge in [-0.2, -0.15) is 5.26 Å². The Kier molecular flexibility index (Phi) is 7.56. The van der Waals surface area contributed by atoms with E-state index in [1.54, 1.807) is 11.9 Å². The fraction of sp³-hybridized carbons (Fsp3) is 0.867. The molecule has 1 amide bonds. The molecule has 0 aromatic carbocycles. The van der Waals surface area contributed by atoms with Crippen molar-refractivity contribution in [3.05, 3.63) is 0 Å². The molecule has 5 nitrogen and oxygen atoms in total. The fourth-order valence-corrected chi connectivity index (χ4v) is 2.66. The molecule has 0 aromatic rings. The third-order valence-electron chi connectivity index (χ3n) is 4.29. The molecular formula is C15H28N4O. The van der Waals surface area contributed by atoms with Crippen molar-refractivity contribution in [2.75, 3.05) is 46.8 Å². The van der Waals surface area contributed by atoms with Crippen molar-refractivity contribution in [3.8, 4) is 6.07 Å². The van der Waals surface area contributed by atoms with Crippen molar-refractivity contribution in [1.82, 2.24) is 14.7 Å². The van der Waals surface area contributed by atoms with Gasteiger partial charge < -0.3 is 14.7 Å². The van der Waals surface area contributed by atoms with Crippen molar-refractivity contribution in [3.63, 3.8) is 0 Å². The van der Waals surface area contributed by atoms with Crippen LogP contribution in [0.3, 0.4) is 0 Å². The van der Waals surface area contributed by atoms with Crippen LogP contribution in [0.25, 0.3) is 0 Å². The first-order chi connectivity index (χ1) is 9.58. The van der Waals surface area contributed by atoms with Crippen LogP contribution in [0, 0.1) is 11.3 Å². The summed E-state index contributed by atoms with van der Waals surface area (Å²) in [5.74, 6) is 0.137. The van der Waals surface area contributed by atoms with Crippen molar-refractivity contribution in [2.24, 2.45) is 0 Å². The summed E-state index contributed by atoms with van der Waals surface area (Å²) in [6.45, 7) is 7.03. The fourth-order valence-electron chi connectivity index (χ4n) is 2.66. The normalized spacial score (nSPS) is 17.1. The topological polar surface area (TPSA) is 50.6 Å². The second-order valence-electron chi connectivity index (χ2n) is 5.62. The van der Waals surface area contributed by atoms with Crippen LogP contribution in [0.1, 0.15) is 32.6 Å². The minimum Gasteiger partial charge on any atom is -0.345 e. The van der Waals surface area contributed by atoms with E-state index in [2.05, 4.69) is 29.8 Å². The van der Waals surface area contributed by atoms with Crippen molar-refractivity contribution < 1.29 is 4.79 Å². The summed E-state index contributed by atoms with van der Waals surface area (Å²) in [5.41, 5.74) is 0. The number of nitrogens with zero attached hydrogens (tertiary/aromatic N) is 4. The van der Waals surface area contributed by atoms with Crippen molar-refractivity contribution >= 4 is 5.91 Å². The number of rotatable bonds is 7. The van der Waals surface area contributed by atoms with E-state index in [0.29, 0.717) is 25.4 Å². The number of hydrogen-bond donors (Lipinski definition) is 0. The van der Waals surface area contributed by atoms with Gasteiger partial charge in [0.05, 0.1) is 12.5 Å². The number of carbonyl (C=O) groups is 1. The summed E-state index contributed by atoms with van der Waals surface area (Å²) < 4.78 is 0. The predicted octanol–water partition coefficient (Wildman–Crippen LogP) is 1.16. The summed E-state index contributed by atoms with van der Waals surface area (Å²) >= 11 is 0. The van der Waals surface area contributed by atoms with E-state index in [-0.39, 0.29) is 5.91 Å². The van der Waals surface area contributed by atoms with Crippen LogP contribution in [0.15, 0.2) is 0 Å². The number of amides is 1. The zero-order valence-corrected chi connectivity index (χ0v) is 13.1. The molecule has 0 unspecified atom stereocenters. The lowest BCUT2D eigenvalue weighted by molar-refractivity contribution is -0.130. The molecule has 0 N–H and O–H groups in total. The molecule has 0 atom stereocenters. The summed E-state index contributed by atoms with van der Waals surface area (Å²) in [7, 11) is 3.90. The van der Waals surface area contributed by atoms with Gasteiger partial charge in [-0.3, -0.25) is 4.79 Å². The van der Waals surface area contributed by atoms with E-state index < -0.39 is 0 Å². The maximum Gasteiger partial charge on any atom is 0.223 e. The van der Waals surface area contributed by atoms with Crippen LogP contribution in [-0.4, -0.2) is 73.5 Å². The lowest BCUT2D eigenvalue weighted by Crippen LogP contribution is -2.44. The van der Waals surface area contributed by atoms with E-state index in [0.717, 1.165) is 13.1 Å². The Morgan fingerprint density at radius 3 is 2.50 bits per heavy atom. The maximum atomic E-state index is 11.9. The summed E-state index contributed by atoms with van der Waals surface area (Å²) in [5, 5.41) is 8.53. The van der Waals surface area contributed by atoms with Gasteiger partial charge in [0.25, 0.3) is 0 Å². The Morgan fingerprint density at radius 1 is 1.30 bits per heavy atom. The van der Waals surface area contributed by atoms with Crippen LogP contribution in [0.5, 0.6) is 0 Å². The minimum absolute atomic E-state index is 0.137. The molecular weight excluding hydrogens is 252 g/mol. The van der Waals surface area contributed by atoms with Gasteiger partial charge in [-0.15, -0.1) is 0 Å². The third-order valence-corrected chi connectivity index (χ3v) is 4.29. The Labute approximate surface area is 123 Å². The molecule has 1 rings (SSSR count). The third kappa shape index (κ3) is 5.48. The van der Waals surface area contributed by atoms with Crippen molar-refractivity contribution in [1.29, 1.82) is 5.26 Å². The molecule has 1 aliphatic rings. The minimum atomic E-state index is 0.137. The van der Waals surface area contributed by atoms with E-state index in [1.165, 1.54) is 25.9 Å². The molecule has 0 spiro atoms. The van der Waals surface area contributed by atoms with Crippen LogP contribution in [0.4, 0.5) is 0 Å². The number of carbonyl (C=O) groups excluding carboxylic acids is 1. The number of hydrogen-bond acceptors (Lipinski definition) is 4. The molecule has 0 saturated carbocycles. The molecule has 114 valence electrons. The first-order valence-electron chi connectivity index (χ1n) is 7.62. The standard InChI is InChI=1S/C15H28N4O/c1-4-19-12-6-14(7-13-19)17(2)11-8-15(20)18(3)10-5-9-16/h14H,4-8,10-13H2,1-3H3.